The van der Waals surface area contributed by atoms with Crippen LogP contribution in [0.1, 0.15) is 58.3 Å². The molecule has 1 unspecified atom stereocenters. The number of aliphatic hydroxyl groups excluding tert-OH is 1. The number of ether oxygens (including phenoxy) is 2. The number of epoxide rings is 1. The molecule has 2 heterocycles. The van der Waals surface area contributed by atoms with E-state index in [1.54, 1.807) is 0 Å². The van der Waals surface area contributed by atoms with Gasteiger partial charge in [-0.1, -0.05) is 38.5 Å². The predicted molar refractivity (Wildman–Crippen MR) is 82.7 cm³/mol. The second kappa shape index (κ2) is 8.83. The minimum atomic E-state index is -0.780. The van der Waals surface area contributed by atoms with E-state index in [9.17, 15) is 9.90 Å². The van der Waals surface area contributed by atoms with Crippen LogP contribution in [-0.4, -0.2) is 35.5 Å². The summed E-state index contributed by atoms with van der Waals surface area (Å²) in [5, 5.41) is 9.89. The second-order valence-corrected chi connectivity index (χ2v) is 5.82. The molecule has 2 aliphatic rings. The van der Waals surface area contributed by atoms with Crippen molar-refractivity contribution in [3.05, 3.63) is 0 Å². The molecule has 0 aromatic heterocycles. The number of hydrogen-bond acceptors (Lipinski definition) is 4. The van der Waals surface area contributed by atoms with Gasteiger partial charge in [-0.25, -0.2) is 0 Å². The van der Waals surface area contributed by atoms with Gasteiger partial charge in [0.25, 0.3) is 0 Å². The molecule has 4 atom stereocenters. The predicted octanol–water partition coefficient (Wildman–Crippen LogP) is 2.19. The van der Waals surface area contributed by atoms with Gasteiger partial charge in [0.1, 0.15) is 12.2 Å². The smallest absolute Gasteiger partial charge is 0.307 e. The van der Waals surface area contributed by atoms with Gasteiger partial charge in [-0.2, -0.15) is 0 Å². The highest BCUT2D eigenvalue weighted by Gasteiger charge is 2.43. The molecule has 0 aromatic rings. The minimum absolute atomic E-state index is 0.140. The van der Waals surface area contributed by atoms with Crippen molar-refractivity contribution in [3.63, 3.8) is 0 Å². The van der Waals surface area contributed by atoms with Crippen LogP contribution >= 0.6 is 0 Å². The van der Waals surface area contributed by atoms with E-state index in [2.05, 4.69) is 23.7 Å². The molecule has 2 rings (SSSR count). The largest absolute Gasteiger partial charge is 0.449 e. The summed E-state index contributed by atoms with van der Waals surface area (Å²) in [6.45, 7) is 1.92. The van der Waals surface area contributed by atoms with Crippen LogP contribution in [-0.2, 0) is 14.3 Å². The van der Waals surface area contributed by atoms with Gasteiger partial charge >= 0.3 is 5.97 Å². The Morgan fingerprint density at radius 1 is 1.14 bits per heavy atom. The molecule has 0 aromatic carbocycles. The Morgan fingerprint density at radius 3 is 2.68 bits per heavy atom. The molecule has 22 heavy (non-hydrogen) atoms. The molecular weight excluding hydrogens is 280 g/mol. The Hall–Kier alpha value is -1.49. The summed E-state index contributed by atoms with van der Waals surface area (Å²) in [5.41, 5.74) is 0. The summed E-state index contributed by atoms with van der Waals surface area (Å²) in [4.78, 5) is 11.7. The fraction of sp³-hybridized carbons (Fsp3) is 0.722. The van der Waals surface area contributed by atoms with Gasteiger partial charge in [0, 0.05) is 6.42 Å². The maximum Gasteiger partial charge on any atom is 0.307 e. The molecule has 0 spiro atoms. The molecule has 1 fully saturated rings. The monoisotopic (exact) mass is 304 g/mol. The van der Waals surface area contributed by atoms with E-state index in [1.807, 2.05) is 6.92 Å². The van der Waals surface area contributed by atoms with Crippen molar-refractivity contribution < 1.29 is 19.4 Å². The summed E-state index contributed by atoms with van der Waals surface area (Å²) < 4.78 is 10.8. The lowest BCUT2D eigenvalue weighted by Crippen LogP contribution is -2.15. The van der Waals surface area contributed by atoms with Crippen LogP contribution in [0.2, 0.25) is 0 Å². The lowest BCUT2D eigenvalue weighted by molar-refractivity contribution is -0.146. The molecule has 0 radical (unpaired) electrons. The third-order valence-electron chi connectivity index (χ3n) is 3.96. The maximum absolute atomic E-state index is 11.7. The van der Waals surface area contributed by atoms with Crippen molar-refractivity contribution in [1.29, 1.82) is 0 Å². The first-order chi connectivity index (χ1) is 10.7. The molecule has 0 amide bonds. The summed E-state index contributed by atoms with van der Waals surface area (Å²) in [6.07, 6.45) is 6.07. The number of aliphatic hydroxyl groups is 1. The third-order valence-corrected chi connectivity index (χ3v) is 3.96. The highest BCUT2D eigenvalue weighted by molar-refractivity contribution is 5.69. The zero-order valence-electron chi connectivity index (χ0n) is 13.1. The molecule has 0 saturated carbocycles. The van der Waals surface area contributed by atoms with Gasteiger partial charge in [0.2, 0.25) is 0 Å². The van der Waals surface area contributed by atoms with Crippen molar-refractivity contribution in [1.82, 2.24) is 0 Å². The van der Waals surface area contributed by atoms with Gasteiger partial charge in [-0.05, 0) is 37.0 Å². The second-order valence-electron chi connectivity index (χ2n) is 5.82. The highest BCUT2D eigenvalue weighted by Crippen LogP contribution is 2.30. The Balaban J connectivity index is 1.95. The molecule has 4 nitrogen and oxygen atoms in total. The van der Waals surface area contributed by atoms with E-state index < -0.39 is 12.2 Å². The van der Waals surface area contributed by atoms with Crippen molar-refractivity contribution in [2.45, 2.75) is 82.7 Å². The highest BCUT2D eigenvalue weighted by atomic mass is 16.6. The molecule has 0 bridgehead atoms. The van der Waals surface area contributed by atoms with Crippen LogP contribution in [0, 0.1) is 23.7 Å². The Labute approximate surface area is 132 Å². The van der Waals surface area contributed by atoms with E-state index >= 15 is 0 Å². The Bertz CT molecular complexity index is 491. The summed E-state index contributed by atoms with van der Waals surface area (Å²) in [5.74, 6) is 10.6. The molecule has 120 valence electrons. The fourth-order valence-electron chi connectivity index (χ4n) is 2.55. The lowest BCUT2D eigenvalue weighted by Gasteiger charge is -2.09. The van der Waals surface area contributed by atoms with E-state index in [0.29, 0.717) is 12.8 Å². The van der Waals surface area contributed by atoms with Crippen LogP contribution in [0.15, 0.2) is 0 Å². The topological polar surface area (TPSA) is 59.1 Å². The van der Waals surface area contributed by atoms with E-state index in [0.717, 1.165) is 38.5 Å². The van der Waals surface area contributed by atoms with Gasteiger partial charge in [0.15, 0.2) is 6.10 Å². The van der Waals surface area contributed by atoms with Crippen LogP contribution in [0.3, 0.4) is 0 Å². The summed E-state index contributed by atoms with van der Waals surface area (Å²) in [6, 6.07) is 0. The van der Waals surface area contributed by atoms with Crippen molar-refractivity contribution in [3.8, 4) is 23.7 Å². The Morgan fingerprint density at radius 2 is 1.86 bits per heavy atom. The van der Waals surface area contributed by atoms with Gasteiger partial charge in [-0.15, -0.1) is 0 Å². The number of hydrogen-bond donors (Lipinski definition) is 1. The SMILES string of the molecule is CCC1C#CC#C[C@@H](O)[C@H]2O[C@@H]2CCCCCCCC(=O)O1. The first-order valence-corrected chi connectivity index (χ1v) is 8.24. The lowest BCUT2D eigenvalue weighted by atomic mass is 10.1. The average molecular weight is 304 g/mol. The van der Waals surface area contributed by atoms with E-state index in [4.69, 9.17) is 9.47 Å². The van der Waals surface area contributed by atoms with Crippen LogP contribution in [0.4, 0.5) is 0 Å². The maximum atomic E-state index is 11.7. The fourth-order valence-corrected chi connectivity index (χ4v) is 2.55. The number of fused-ring (bicyclic) bond motifs is 1. The number of cyclic esters (lactones) is 1. The number of carbonyl (C=O) groups excluding carboxylic acids is 1. The molecule has 1 saturated heterocycles. The van der Waals surface area contributed by atoms with Crippen LogP contribution in [0.5, 0.6) is 0 Å². The summed E-state index contributed by atoms with van der Waals surface area (Å²) >= 11 is 0. The number of carbonyl (C=O) groups is 1. The van der Waals surface area contributed by atoms with Gasteiger partial charge < -0.3 is 14.6 Å². The standard InChI is InChI=1S/C18H24O4/c1-2-14-10-8-9-11-15(19)18-16(22-18)12-6-4-3-5-7-13-17(20)21-14/h14-16,18-19H,2-7,12-13H2,1H3/t14?,15-,16-,18-/m1/s1. The van der Waals surface area contributed by atoms with Crippen LogP contribution in [0.25, 0.3) is 0 Å². The molecule has 0 aliphatic carbocycles. The average Bonchev–Trinajstić information content (AvgIpc) is 3.28. The van der Waals surface area contributed by atoms with Crippen LogP contribution < -0.4 is 0 Å². The van der Waals surface area contributed by atoms with Gasteiger partial charge in [-0.3, -0.25) is 4.79 Å². The zero-order chi connectivity index (χ0) is 15.8. The molecule has 4 heteroatoms. The van der Waals surface area contributed by atoms with E-state index in [-0.39, 0.29) is 18.2 Å². The summed E-state index contributed by atoms with van der Waals surface area (Å²) in [7, 11) is 0. The van der Waals surface area contributed by atoms with E-state index in [1.165, 1.54) is 0 Å². The number of esters is 1. The molecular formula is C18H24O4. The third kappa shape index (κ3) is 5.72. The quantitative estimate of drug-likeness (QED) is 0.458. The normalized spacial score (nSPS) is 33.1. The van der Waals surface area contributed by atoms with Crippen molar-refractivity contribution in [2.75, 3.05) is 0 Å². The number of rotatable bonds is 1. The van der Waals surface area contributed by atoms with Crippen molar-refractivity contribution >= 4 is 5.97 Å². The first kappa shape index (κ1) is 16.9. The van der Waals surface area contributed by atoms with Crippen molar-refractivity contribution in [2.24, 2.45) is 0 Å². The molecule has 1 N–H and O–H groups in total. The minimum Gasteiger partial charge on any atom is -0.449 e. The zero-order valence-corrected chi connectivity index (χ0v) is 13.1. The molecule has 2 aliphatic heterocycles. The Kier molecular flexibility index (Phi) is 6.77. The first-order valence-electron chi connectivity index (χ1n) is 8.24. The van der Waals surface area contributed by atoms with Gasteiger partial charge in [0.05, 0.1) is 6.10 Å².